The quantitative estimate of drug-likeness (QED) is 0.550. The third-order valence-corrected chi connectivity index (χ3v) is 4.55. The van der Waals surface area contributed by atoms with Gasteiger partial charge in [-0.3, -0.25) is 19.1 Å². The predicted molar refractivity (Wildman–Crippen MR) is 99.5 cm³/mol. The van der Waals surface area contributed by atoms with Gasteiger partial charge in [0.1, 0.15) is 0 Å². The van der Waals surface area contributed by atoms with Crippen LogP contribution in [0.2, 0.25) is 0 Å². The number of aromatic nitrogens is 2. The molecule has 0 saturated heterocycles. The molecule has 0 amide bonds. The lowest BCUT2D eigenvalue weighted by atomic mass is 9.99. The molecule has 0 saturated carbocycles. The summed E-state index contributed by atoms with van der Waals surface area (Å²) in [5.74, 6) is 0. The standard InChI is InChI=1S/C19H21N3O3/c1-4-5-11-20-16-15(17(23)18(16)24)14-12(2)21(3)22(19(14)25)13-9-7-6-8-10-13/h6-10,20H,4-5,11H2,1-3H3. The molecule has 25 heavy (non-hydrogen) atoms. The molecule has 1 N–H and O–H groups in total. The highest BCUT2D eigenvalue weighted by molar-refractivity contribution is 5.83. The van der Waals surface area contributed by atoms with E-state index in [1.165, 1.54) is 4.68 Å². The van der Waals surface area contributed by atoms with Crippen LogP contribution in [0.5, 0.6) is 0 Å². The molecule has 2 aromatic carbocycles. The Bertz CT molecular complexity index is 1030. The van der Waals surface area contributed by atoms with Crippen molar-refractivity contribution in [3.05, 3.63) is 66.8 Å². The molecule has 0 aliphatic rings. The number of benzene rings is 1. The van der Waals surface area contributed by atoms with Crippen molar-refractivity contribution in [2.45, 2.75) is 26.7 Å². The summed E-state index contributed by atoms with van der Waals surface area (Å²) in [6.45, 7) is 4.43. The molecule has 0 radical (unpaired) electrons. The van der Waals surface area contributed by atoms with Crippen LogP contribution in [0, 0.1) is 6.92 Å². The van der Waals surface area contributed by atoms with Crippen LogP contribution >= 0.6 is 0 Å². The monoisotopic (exact) mass is 339 g/mol. The predicted octanol–water partition coefficient (Wildman–Crippen LogP) is 1.96. The van der Waals surface area contributed by atoms with E-state index in [-0.39, 0.29) is 16.8 Å². The molecule has 0 aliphatic heterocycles. The normalized spacial score (nSPS) is 11.2. The first-order valence-electron chi connectivity index (χ1n) is 8.40. The van der Waals surface area contributed by atoms with Crippen molar-refractivity contribution in [1.82, 2.24) is 9.36 Å². The smallest absolute Gasteiger partial charge is 0.279 e. The number of hydrogen-bond donors (Lipinski definition) is 1. The summed E-state index contributed by atoms with van der Waals surface area (Å²) in [5, 5.41) is 3.02. The average molecular weight is 339 g/mol. The minimum absolute atomic E-state index is 0.217. The lowest BCUT2D eigenvalue weighted by molar-refractivity contribution is 0.630. The average Bonchev–Trinajstić information content (AvgIpc) is 2.84. The summed E-state index contributed by atoms with van der Waals surface area (Å²) >= 11 is 0. The molecular weight excluding hydrogens is 318 g/mol. The summed E-state index contributed by atoms with van der Waals surface area (Å²) in [7, 11) is 1.77. The van der Waals surface area contributed by atoms with Crippen LogP contribution in [-0.2, 0) is 7.05 Å². The maximum atomic E-state index is 13.0. The van der Waals surface area contributed by atoms with Crippen molar-refractivity contribution in [3.63, 3.8) is 0 Å². The van der Waals surface area contributed by atoms with E-state index in [9.17, 15) is 14.4 Å². The summed E-state index contributed by atoms with van der Waals surface area (Å²) in [6.07, 6.45) is 1.86. The lowest BCUT2D eigenvalue weighted by Gasteiger charge is -2.12. The second-order valence-electron chi connectivity index (χ2n) is 6.13. The Morgan fingerprint density at radius 3 is 2.32 bits per heavy atom. The van der Waals surface area contributed by atoms with Crippen molar-refractivity contribution < 1.29 is 0 Å². The zero-order chi connectivity index (χ0) is 18.1. The topological polar surface area (TPSA) is 73.1 Å². The molecule has 6 nitrogen and oxygen atoms in total. The summed E-state index contributed by atoms with van der Waals surface area (Å²) in [5.41, 5.74) is 0.721. The number of anilines is 1. The molecular formula is C19H21N3O3. The first-order chi connectivity index (χ1) is 12.0. The van der Waals surface area contributed by atoms with E-state index >= 15 is 0 Å². The van der Waals surface area contributed by atoms with Crippen molar-refractivity contribution in [1.29, 1.82) is 0 Å². The lowest BCUT2D eigenvalue weighted by Crippen LogP contribution is -2.38. The minimum Gasteiger partial charge on any atom is -0.381 e. The summed E-state index contributed by atoms with van der Waals surface area (Å²) in [6, 6.07) is 9.22. The van der Waals surface area contributed by atoms with Gasteiger partial charge in [0.2, 0.25) is 10.9 Å². The van der Waals surface area contributed by atoms with Crippen LogP contribution in [0.4, 0.5) is 5.69 Å². The number of para-hydroxylation sites is 1. The van der Waals surface area contributed by atoms with Crippen molar-refractivity contribution in [3.8, 4) is 16.8 Å². The molecule has 0 bridgehead atoms. The van der Waals surface area contributed by atoms with E-state index in [2.05, 4.69) is 5.32 Å². The fraction of sp³-hybridized carbons (Fsp3) is 0.316. The number of rotatable bonds is 6. The molecule has 3 aromatic rings. The SMILES string of the molecule is CCCCNc1c(-c2c(C)n(C)n(-c3ccccc3)c2=O)c(=O)c1=O. The second-order valence-corrected chi connectivity index (χ2v) is 6.13. The first kappa shape index (κ1) is 17.0. The number of hydrogen-bond acceptors (Lipinski definition) is 4. The van der Waals surface area contributed by atoms with Crippen LogP contribution in [0.15, 0.2) is 44.7 Å². The zero-order valence-electron chi connectivity index (χ0n) is 14.6. The van der Waals surface area contributed by atoms with Crippen LogP contribution in [0.25, 0.3) is 16.8 Å². The molecule has 0 fully saturated rings. The second kappa shape index (κ2) is 6.55. The minimum atomic E-state index is -0.593. The van der Waals surface area contributed by atoms with Crippen LogP contribution in [0.3, 0.4) is 0 Å². The molecule has 0 aliphatic carbocycles. The summed E-state index contributed by atoms with van der Waals surface area (Å²) < 4.78 is 3.22. The van der Waals surface area contributed by atoms with E-state index < -0.39 is 10.9 Å². The third kappa shape index (κ3) is 2.63. The van der Waals surface area contributed by atoms with E-state index in [4.69, 9.17) is 0 Å². The number of nitrogens with one attached hydrogen (secondary N) is 1. The van der Waals surface area contributed by atoms with Gasteiger partial charge in [-0.05, 0) is 25.5 Å². The molecule has 0 atom stereocenters. The van der Waals surface area contributed by atoms with Gasteiger partial charge < -0.3 is 5.32 Å². The fourth-order valence-electron chi connectivity index (χ4n) is 3.05. The van der Waals surface area contributed by atoms with E-state index in [0.717, 1.165) is 12.8 Å². The van der Waals surface area contributed by atoms with Gasteiger partial charge in [-0.1, -0.05) is 31.5 Å². The van der Waals surface area contributed by atoms with Gasteiger partial charge in [0, 0.05) is 19.3 Å². The maximum absolute atomic E-state index is 13.0. The Kier molecular flexibility index (Phi) is 4.44. The van der Waals surface area contributed by atoms with Crippen molar-refractivity contribution >= 4 is 5.69 Å². The van der Waals surface area contributed by atoms with Gasteiger partial charge in [0.25, 0.3) is 5.56 Å². The number of nitrogens with zero attached hydrogens (tertiary/aromatic N) is 2. The van der Waals surface area contributed by atoms with Gasteiger partial charge >= 0.3 is 0 Å². The Morgan fingerprint density at radius 1 is 1.00 bits per heavy atom. The Balaban J connectivity index is 2.15. The van der Waals surface area contributed by atoms with E-state index in [0.29, 0.717) is 23.5 Å². The van der Waals surface area contributed by atoms with Crippen LogP contribution < -0.4 is 21.7 Å². The summed E-state index contributed by atoms with van der Waals surface area (Å²) in [4.78, 5) is 37.1. The largest absolute Gasteiger partial charge is 0.381 e. The van der Waals surface area contributed by atoms with Gasteiger partial charge in [-0.2, -0.15) is 0 Å². The van der Waals surface area contributed by atoms with Crippen molar-refractivity contribution in [2.75, 3.05) is 11.9 Å². The Hall–Kier alpha value is -2.89. The van der Waals surface area contributed by atoms with Crippen LogP contribution in [0.1, 0.15) is 25.5 Å². The molecule has 1 heterocycles. The zero-order valence-corrected chi connectivity index (χ0v) is 14.6. The Morgan fingerprint density at radius 2 is 1.68 bits per heavy atom. The maximum Gasteiger partial charge on any atom is 0.279 e. The highest BCUT2D eigenvalue weighted by atomic mass is 16.2. The molecule has 130 valence electrons. The Labute approximate surface area is 145 Å². The third-order valence-electron chi connectivity index (χ3n) is 4.55. The van der Waals surface area contributed by atoms with Gasteiger partial charge in [-0.25, -0.2) is 4.68 Å². The first-order valence-corrected chi connectivity index (χ1v) is 8.40. The van der Waals surface area contributed by atoms with Crippen LogP contribution in [-0.4, -0.2) is 15.9 Å². The van der Waals surface area contributed by atoms with Gasteiger partial charge in [0.05, 0.1) is 22.5 Å². The van der Waals surface area contributed by atoms with E-state index in [1.807, 2.05) is 37.3 Å². The molecule has 0 unspecified atom stereocenters. The molecule has 3 rings (SSSR count). The molecule has 0 spiro atoms. The molecule has 6 heteroatoms. The van der Waals surface area contributed by atoms with Gasteiger partial charge in [0.15, 0.2) is 0 Å². The highest BCUT2D eigenvalue weighted by Gasteiger charge is 2.28. The highest BCUT2D eigenvalue weighted by Crippen LogP contribution is 2.25. The number of unbranched alkanes of at least 4 members (excludes halogenated alkanes) is 1. The fourth-order valence-corrected chi connectivity index (χ4v) is 3.05. The van der Waals surface area contributed by atoms with Crippen molar-refractivity contribution in [2.24, 2.45) is 7.05 Å². The van der Waals surface area contributed by atoms with Gasteiger partial charge in [-0.15, -0.1) is 0 Å². The van der Waals surface area contributed by atoms with E-state index in [1.54, 1.807) is 18.7 Å². The molecule has 1 aromatic heterocycles.